The standard InChI is InChI=1S/C12H17N5/c1-4-13-6-11-7-14-8-15-12(11)17-10(3)5-9(2)16-17/h5,7-8,13H,4,6H2,1-3H3. The lowest BCUT2D eigenvalue weighted by atomic mass is 10.3. The highest BCUT2D eigenvalue weighted by Gasteiger charge is 2.09. The quantitative estimate of drug-likeness (QED) is 0.864. The van der Waals surface area contributed by atoms with Crippen molar-refractivity contribution in [1.29, 1.82) is 0 Å². The van der Waals surface area contributed by atoms with E-state index in [1.807, 2.05) is 30.8 Å². The number of hydrogen-bond donors (Lipinski definition) is 1. The molecule has 5 nitrogen and oxygen atoms in total. The van der Waals surface area contributed by atoms with Crippen molar-refractivity contribution in [1.82, 2.24) is 25.1 Å². The molecule has 90 valence electrons. The lowest BCUT2D eigenvalue weighted by Gasteiger charge is -2.09. The van der Waals surface area contributed by atoms with Crippen molar-refractivity contribution < 1.29 is 0 Å². The SMILES string of the molecule is CCNCc1cncnc1-n1nc(C)cc1C. The van der Waals surface area contributed by atoms with Gasteiger partial charge in [-0.25, -0.2) is 14.6 Å². The second kappa shape index (κ2) is 5.05. The molecule has 2 heterocycles. The summed E-state index contributed by atoms with van der Waals surface area (Å²) in [6.07, 6.45) is 3.39. The van der Waals surface area contributed by atoms with E-state index in [1.54, 1.807) is 6.33 Å². The van der Waals surface area contributed by atoms with Crippen molar-refractivity contribution in [3.05, 3.63) is 35.5 Å². The number of nitrogens with zero attached hydrogens (tertiary/aromatic N) is 4. The molecule has 0 aliphatic rings. The molecule has 0 saturated heterocycles. The lowest BCUT2D eigenvalue weighted by Crippen LogP contribution is -2.16. The largest absolute Gasteiger partial charge is 0.313 e. The molecule has 0 radical (unpaired) electrons. The second-order valence-electron chi connectivity index (χ2n) is 3.99. The first-order valence-electron chi connectivity index (χ1n) is 5.75. The highest BCUT2D eigenvalue weighted by atomic mass is 15.3. The molecule has 0 spiro atoms. The average molecular weight is 231 g/mol. The molecule has 17 heavy (non-hydrogen) atoms. The predicted octanol–water partition coefficient (Wildman–Crippen LogP) is 1.39. The fourth-order valence-corrected chi connectivity index (χ4v) is 1.77. The van der Waals surface area contributed by atoms with Gasteiger partial charge in [-0.05, 0) is 26.5 Å². The van der Waals surface area contributed by atoms with Crippen molar-refractivity contribution in [3.8, 4) is 5.82 Å². The molecule has 2 aromatic heterocycles. The average Bonchev–Trinajstić information content (AvgIpc) is 2.66. The first-order valence-corrected chi connectivity index (χ1v) is 5.75. The van der Waals surface area contributed by atoms with Crippen LogP contribution in [0.4, 0.5) is 0 Å². The summed E-state index contributed by atoms with van der Waals surface area (Å²) in [5.74, 6) is 0.853. The molecular weight excluding hydrogens is 214 g/mol. The van der Waals surface area contributed by atoms with E-state index in [2.05, 4.69) is 27.3 Å². The van der Waals surface area contributed by atoms with Gasteiger partial charge in [0.2, 0.25) is 0 Å². The smallest absolute Gasteiger partial charge is 0.161 e. The van der Waals surface area contributed by atoms with Gasteiger partial charge in [0, 0.05) is 24.0 Å². The summed E-state index contributed by atoms with van der Waals surface area (Å²) in [6, 6.07) is 2.04. The zero-order valence-electron chi connectivity index (χ0n) is 10.4. The number of aryl methyl sites for hydroxylation is 2. The maximum Gasteiger partial charge on any atom is 0.161 e. The van der Waals surface area contributed by atoms with Gasteiger partial charge in [-0.15, -0.1) is 0 Å². The van der Waals surface area contributed by atoms with E-state index in [0.717, 1.165) is 35.9 Å². The molecule has 0 aliphatic carbocycles. The first-order chi connectivity index (χ1) is 8.22. The van der Waals surface area contributed by atoms with E-state index in [-0.39, 0.29) is 0 Å². The Hall–Kier alpha value is -1.75. The Morgan fingerprint density at radius 2 is 2.18 bits per heavy atom. The van der Waals surface area contributed by atoms with Crippen molar-refractivity contribution in [2.24, 2.45) is 0 Å². The fourth-order valence-electron chi connectivity index (χ4n) is 1.77. The van der Waals surface area contributed by atoms with E-state index in [9.17, 15) is 0 Å². The molecule has 0 atom stereocenters. The number of aromatic nitrogens is 4. The minimum Gasteiger partial charge on any atom is -0.313 e. The predicted molar refractivity (Wildman–Crippen MR) is 66.0 cm³/mol. The molecule has 0 aliphatic heterocycles. The van der Waals surface area contributed by atoms with Crippen molar-refractivity contribution in [2.75, 3.05) is 6.54 Å². The van der Waals surface area contributed by atoms with E-state index in [0.29, 0.717) is 0 Å². The minimum atomic E-state index is 0.755. The second-order valence-corrected chi connectivity index (χ2v) is 3.99. The fraction of sp³-hybridized carbons (Fsp3) is 0.417. The third-order valence-corrected chi connectivity index (χ3v) is 2.54. The van der Waals surface area contributed by atoms with Crippen LogP contribution >= 0.6 is 0 Å². The van der Waals surface area contributed by atoms with Crippen LogP contribution in [-0.2, 0) is 6.54 Å². The van der Waals surface area contributed by atoms with Gasteiger partial charge in [0.15, 0.2) is 5.82 Å². The number of nitrogens with one attached hydrogen (secondary N) is 1. The third kappa shape index (κ3) is 2.50. The molecule has 0 aromatic carbocycles. The molecule has 1 N–H and O–H groups in total. The molecule has 0 saturated carbocycles. The molecule has 0 bridgehead atoms. The van der Waals surface area contributed by atoms with Crippen LogP contribution in [0.1, 0.15) is 23.9 Å². The maximum absolute atomic E-state index is 4.45. The van der Waals surface area contributed by atoms with Gasteiger partial charge in [0.25, 0.3) is 0 Å². The monoisotopic (exact) mass is 231 g/mol. The molecule has 0 amide bonds. The van der Waals surface area contributed by atoms with Crippen LogP contribution in [0.15, 0.2) is 18.6 Å². The molecule has 0 fully saturated rings. The van der Waals surface area contributed by atoms with Crippen LogP contribution in [-0.4, -0.2) is 26.3 Å². The van der Waals surface area contributed by atoms with E-state index in [4.69, 9.17) is 0 Å². The summed E-state index contributed by atoms with van der Waals surface area (Å²) in [4.78, 5) is 8.39. The molecule has 0 unspecified atom stereocenters. The summed E-state index contributed by atoms with van der Waals surface area (Å²) in [7, 11) is 0. The van der Waals surface area contributed by atoms with Crippen LogP contribution in [0.3, 0.4) is 0 Å². The highest BCUT2D eigenvalue weighted by molar-refractivity contribution is 5.32. The van der Waals surface area contributed by atoms with Gasteiger partial charge in [0.05, 0.1) is 5.69 Å². The zero-order chi connectivity index (χ0) is 12.3. The Kier molecular flexibility index (Phi) is 3.49. The van der Waals surface area contributed by atoms with Crippen LogP contribution < -0.4 is 5.32 Å². The normalized spacial score (nSPS) is 10.8. The summed E-state index contributed by atoms with van der Waals surface area (Å²) >= 11 is 0. The van der Waals surface area contributed by atoms with Crippen molar-refractivity contribution >= 4 is 0 Å². The van der Waals surface area contributed by atoms with Crippen molar-refractivity contribution in [2.45, 2.75) is 27.3 Å². The van der Waals surface area contributed by atoms with Crippen LogP contribution in [0.5, 0.6) is 0 Å². The molecule has 2 aromatic rings. The number of hydrogen-bond acceptors (Lipinski definition) is 4. The summed E-state index contributed by atoms with van der Waals surface area (Å²) in [5, 5.41) is 7.73. The van der Waals surface area contributed by atoms with Crippen LogP contribution in [0.25, 0.3) is 5.82 Å². The van der Waals surface area contributed by atoms with Crippen molar-refractivity contribution in [3.63, 3.8) is 0 Å². The Labute approximate surface area is 101 Å². The van der Waals surface area contributed by atoms with Gasteiger partial charge in [-0.1, -0.05) is 6.92 Å². The first kappa shape index (κ1) is 11.7. The topological polar surface area (TPSA) is 55.6 Å². The Morgan fingerprint density at radius 1 is 1.35 bits per heavy atom. The van der Waals surface area contributed by atoms with Gasteiger partial charge in [0.1, 0.15) is 6.33 Å². The Morgan fingerprint density at radius 3 is 2.82 bits per heavy atom. The summed E-state index contributed by atoms with van der Waals surface area (Å²) in [5.41, 5.74) is 3.13. The molecule has 5 heteroatoms. The van der Waals surface area contributed by atoms with Crippen LogP contribution in [0, 0.1) is 13.8 Å². The summed E-state index contributed by atoms with van der Waals surface area (Å²) in [6.45, 7) is 7.76. The summed E-state index contributed by atoms with van der Waals surface area (Å²) < 4.78 is 1.86. The van der Waals surface area contributed by atoms with Crippen LogP contribution in [0.2, 0.25) is 0 Å². The Balaban J connectivity index is 2.40. The Bertz CT molecular complexity index is 503. The number of rotatable bonds is 4. The van der Waals surface area contributed by atoms with Gasteiger partial charge >= 0.3 is 0 Å². The third-order valence-electron chi connectivity index (χ3n) is 2.54. The van der Waals surface area contributed by atoms with Gasteiger partial charge in [-0.2, -0.15) is 5.10 Å². The van der Waals surface area contributed by atoms with E-state index in [1.165, 1.54) is 0 Å². The van der Waals surface area contributed by atoms with Gasteiger partial charge in [-0.3, -0.25) is 0 Å². The van der Waals surface area contributed by atoms with Gasteiger partial charge < -0.3 is 5.32 Å². The zero-order valence-corrected chi connectivity index (χ0v) is 10.4. The molecular formula is C12H17N5. The highest BCUT2D eigenvalue weighted by Crippen LogP contribution is 2.13. The lowest BCUT2D eigenvalue weighted by molar-refractivity contribution is 0.700. The maximum atomic E-state index is 4.45. The minimum absolute atomic E-state index is 0.755. The van der Waals surface area contributed by atoms with E-state index < -0.39 is 0 Å². The molecule has 2 rings (SSSR count). The van der Waals surface area contributed by atoms with E-state index >= 15 is 0 Å².